The lowest BCUT2D eigenvalue weighted by Gasteiger charge is -2.21. The molecule has 2 rings (SSSR count). The van der Waals surface area contributed by atoms with Gasteiger partial charge in [-0.1, -0.05) is 18.2 Å². The van der Waals surface area contributed by atoms with Gasteiger partial charge in [-0.15, -0.1) is 0 Å². The summed E-state index contributed by atoms with van der Waals surface area (Å²) in [5.74, 6) is 0.0407. The monoisotopic (exact) mass is 203 g/mol. The molecule has 0 aliphatic heterocycles. The minimum absolute atomic E-state index is 0.0139. The van der Waals surface area contributed by atoms with Gasteiger partial charge in [-0.05, 0) is 17.5 Å². The van der Waals surface area contributed by atoms with Crippen molar-refractivity contribution in [2.24, 2.45) is 0 Å². The fourth-order valence-corrected chi connectivity index (χ4v) is 2.09. The number of nitrogen functional groups attached to an aromatic ring is 1. The number of anilines is 1. The molecule has 0 heterocycles. The van der Waals surface area contributed by atoms with Crippen LogP contribution in [0.2, 0.25) is 0 Å². The Labute approximate surface area is 88.3 Å². The Bertz CT molecular complexity index is 396. The van der Waals surface area contributed by atoms with E-state index >= 15 is 0 Å². The van der Waals surface area contributed by atoms with Crippen molar-refractivity contribution in [1.82, 2.24) is 0 Å². The first-order valence-electron chi connectivity index (χ1n) is 5.04. The van der Waals surface area contributed by atoms with Crippen molar-refractivity contribution in [2.75, 3.05) is 5.73 Å². The van der Waals surface area contributed by atoms with Gasteiger partial charge in [-0.3, -0.25) is 9.59 Å². The highest BCUT2D eigenvalue weighted by atomic mass is 16.1. The first-order valence-corrected chi connectivity index (χ1v) is 5.04. The topological polar surface area (TPSA) is 60.2 Å². The third-order valence-corrected chi connectivity index (χ3v) is 2.78. The van der Waals surface area contributed by atoms with Crippen LogP contribution in [0.1, 0.15) is 30.7 Å². The molecule has 3 heteroatoms. The predicted octanol–water partition coefficient (Wildman–Crippen LogP) is 1.67. The summed E-state index contributed by atoms with van der Waals surface area (Å²) in [5, 5.41) is 0. The maximum absolute atomic E-state index is 11.3. The molecule has 0 radical (unpaired) electrons. The van der Waals surface area contributed by atoms with Gasteiger partial charge in [0, 0.05) is 18.5 Å². The van der Waals surface area contributed by atoms with Crippen LogP contribution >= 0.6 is 0 Å². The number of Topliss-reactive ketones (excluding diaryl/α,β-unsaturated/α-hetero) is 2. The van der Waals surface area contributed by atoms with E-state index in [1.807, 2.05) is 18.2 Å². The summed E-state index contributed by atoms with van der Waals surface area (Å²) in [4.78, 5) is 22.6. The molecule has 1 aromatic rings. The Kier molecular flexibility index (Phi) is 2.54. The van der Waals surface area contributed by atoms with Crippen molar-refractivity contribution < 1.29 is 9.59 Å². The number of hydrogen-bond acceptors (Lipinski definition) is 3. The second kappa shape index (κ2) is 3.85. The van der Waals surface area contributed by atoms with Gasteiger partial charge in [-0.2, -0.15) is 0 Å². The van der Waals surface area contributed by atoms with Crippen LogP contribution in [0, 0.1) is 0 Å². The lowest BCUT2D eigenvalue weighted by molar-refractivity contribution is -0.130. The molecule has 0 unspecified atom stereocenters. The van der Waals surface area contributed by atoms with Crippen molar-refractivity contribution in [3.8, 4) is 0 Å². The van der Waals surface area contributed by atoms with Gasteiger partial charge < -0.3 is 5.73 Å². The van der Waals surface area contributed by atoms with Crippen LogP contribution in [-0.2, 0) is 9.59 Å². The molecule has 1 fully saturated rings. The normalized spacial score (nSPS) is 18.1. The molecule has 0 amide bonds. The molecule has 1 saturated carbocycles. The van der Waals surface area contributed by atoms with Crippen LogP contribution in [-0.4, -0.2) is 11.6 Å². The highest BCUT2D eigenvalue weighted by molar-refractivity contribution is 6.02. The summed E-state index contributed by atoms with van der Waals surface area (Å²) < 4.78 is 0. The zero-order chi connectivity index (χ0) is 10.8. The van der Waals surface area contributed by atoms with Gasteiger partial charge in [0.15, 0.2) is 0 Å². The summed E-state index contributed by atoms with van der Waals surface area (Å²) in [6, 6.07) is 7.44. The minimum atomic E-state index is -0.0139. The van der Waals surface area contributed by atoms with Crippen LogP contribution in [0.15, 0.2) is 24.3 Å². The number of ketones is 2. The zero-order valence-corrected chi connectivity index (χ0v) is 8.40. The molecule has 2 N–H and O–H groups in total. The minimum Gasteiger partial charge on any atom is -0.398 e. The predicted molar refractivity (Wildman–Crippen MR) is 57.5 cm³/mol. The molecule has 78 valence electrons. The van der Waals surface area contributed by atoms with Crippen LogP contribution in [0.5, 0.6) is 0 Å². The highest BCUT2D eigenvalue weighted by Gasteiger charge is 2.27. The quantitative estimate of drug-likeness (QED) is 0.558. The first kappa shape index (κ1) is 9.90. The standard InChI is InChI=1S/C12H13NO2/c13-12-4-2-1-3-11(12)8-5-9(14)7-10(15)6-8/h1-4,8H,5-7,13H2. The average molecular weight is 203 g/mol. The maximum Gasteiger partial charge on any atom is 0.140 e. The summed E-state index contributed by atoms with van der Waals surface area (Å²) in [7, 11) is 0. The Morgan fingerprint density at radius 2 is 1.67 bits per heavy atom. The Morgan fingerprint density at radius 3 is 2.27 bits per heavy atom. The van der Waals surface area contributed by atoms with Crippen molar-refractivity contribution in [1.29, 1.82) is 0 Å². The number of carbonyl (C=O) groups excluding carboxylic acids is 2. The fraction of sp³-hybridized carbons (Fsp3) is 0.333. The molecular formula is C12H13NO2. The average Bonchev–Trinajstić information content (AvgIpc) is 2.16. The van der Waals surface area contributed by atoms with Gasteiger partial charge in [0.2, 0.25) is 0 Å². The van der Waals surface area contributed by atoms with E-state index in [4.69, 9.17) is 5.73 Å². The zero-order valence-electron chi connectivity index (χ0n) is 8.40. The number of benzene rings is 1. The Morgan fingerprint density at radius 1 is 1.07 bits per heavy atom. The van der Waals surface area contributed by atoms with Crippen LogP contribution in [0.3, 0.4) is 0 Å². The van der Waals surface area contributed by atoms with Gasteiger partial charge in [-0.25, -0.2) is 0 Å². The number of para-hydroxylation sites is 1. The molecule has 0 aromatic heterocycles. The van der Waals surface area contributed by atoms with Gasteiger partial charge in [0.05, 0.1) is 6.42 Å². The molecule has 0 bridgehead atoms. The van der Waals surface area contributed by atoms with E-state index in [1.54, 1.807) is 6.07 Å². The van der Waals surface area contributed by atoms with E-state index in [-0.39, 0.29) is 23.9 Å². The second-order valence-electron chi connectivity index (χ2n) is 3.99. The summed E-state index contributed by atoms with van der Waals surface area (Å²) in [6.45, 7) is 0. The molecular weight excluding hydrogens is 190 g/mol. The summed E-state index contributed by atoms with van der Waals surface area (Å²) in [5.41, 5.74) is 7.42. The van der Waals surface area contributed by atoms with E-state index in [0.29, 0.717) is 18.5 Å². The van der Waals surface area contributed by atoms with E-state index in [2.05, 4.69) is 0 Å². The second-order valence-corrected chi connectivity index (χ2v) is 3.99. The largest absolute Gasteiger partial charge is 0.398 e. The summed E-state index contributed by atoms with van der Waals surface area (Å²) >= 11 is 0. The number of rotatable bonds is 1. The molecule has 1 aliphatic rings. The molecule has 3 nitrogen and oxygen atoms in total. The van der Waals surface area contributed by atoms with Crippen molar-refractivity contribution in [2.45, 2.75) is 25.2 Å². The number of nitrogens with two attached hydrogens (primary N) is 1. The van der Waals surface area contributed by atoms with E-state index in [1.165, 1.54) is 0 Å². The van der Waals surface area contributed by atoms with E-state index < -0.39 is 0 Å². The highest BCUT2D eigenvalue weighted by Crippen LogP contribution is 2.32. The molecule has 0 spiro atoms. The third-order valence-electron chi connectivity index (χ3n) is 2.78. The first-order chi connectivity index (χ1) is 7.16. The van der Waals surface area contributed by atoms with Crippen molar-refractivity contribution >= 4 is 17.3 Å². The smallest absolute Gasteiger partial charge is 0.140 e. The van der Waals surface area contributed by atoms with Gasteiger partial charge in [0.1, 0.15) is 11.6 Å². The fourth-order valence-electron chi connectivity index (χ4n) is 2.09. The van der Waals surface area contributed by atoms with Crippen LogP contribution in [0.25, 0.3) is 0 Å². The summed E-state index contributed by atoms with van der Waals surface area (Å²) in [6.07, 6.45) is 0.989. The number of hydrogen-bond donors (Lipinski definition) is 1. The molecule has 0 saturated heterocycles. The SMILES string of the molecule is Nc1ccccc1C1CC(=O)CC(=O)C1. The molecule has 1 aliphatic carbocycles. The molecule has 0 atom stereocenters. The third kappa shape index (κ3) is 2.06. The Balaban J connectivity index is 2.27. The number of carbonyl (C=O) groups is 2. The van der Waals surface area contributed by atoms with Crippen LogP contribution < -0.4 is 5.73 Å². The van der Waals surface area contributed by atoms with Crippen molar-refractivity contribution in [3.05, 3.63) is 29.8 Å². The van der Waals surface area contributed by atoms with Gasteiger partial charge >= 0.3 is 0 Å². The van der Waals surface area contributed by atoms with Crippen LogP contribution in [0.4, 0.5) is 5.69 Å². The lowest BCUT2D eigenvalue weighted by Crippen LogP contribution is -2.21. The van der Waals surface area contributed by atoms with E-state index in [0.717, 1.165) is 5.56 Å². The lowest BCUT2D eigenvalue weighted by atomic mass is 9.82. The van der Waals surface area contributed by atoms with E-state index in [9.17, 15) is 9.59 Å². The Hall–Kier alpha value is -1.64. The van der Waals surface area contributed by atoms with Gasteiger partial charge in [0.25, 0.3) is 0 Å². The maximum atomic E-state index is 11.3. The molecule has 15 heavy (non-hydrogen) atoms. The van der Waals surface area contributed by atoms with Crippen molar-refractivity contribution in [3.63, 3.8) is 0 Å². The molecule has 1 aromatic carbocycles.